The van der Waals surface area contributed by atoms with E-state index in [4.69, 9.17) is 4.74 Å². The maximum atomic E-state index is 13.3. The van der Waals surface area contributed by atoms with Crippen LogP contribution in [0.4, 0.5) is 13.2 Å². The van der Waals surface area contributed by atoms with E-state index in [1.54, 1.807) is 25.1 Å². The third-order valence-corrected chi connectivity index (χ3v) is 5.30. The van der Waals surface area contributed by atoms with E-state index in [1.807, 2.05) is 6.07 Å². The second-order valence-electron chi connectivity index (χ2n) is 7.42. The van der Waals surface area contributed by atoms with Gasteiger partial charge in [-0.15, -0.1) is 0 Å². The number of carbonyl (C=O) groups excluding carboxylic acids is 3. The number of esters is 1. The molecular formula is C24H23F3N2O4. The van der Waals surface area contributed by atoms with Crippen LogP contribution in [0.15, 0.2) is 54.6 Å². The maximum absolute atomic E-state index is 13.3. The lowest BCUT2D eigenvalue weighted by Crippen LogP contribution is -2.45. The van der Waals surface area contributed by atoms with Gasteiger partial charge in [0.1, 0.15) is 0 Å². The number of carbonyl (C=O) groups is 3. The number of methoxy groups -OCH3 is 1. The summed E-state index contributed by atoms with van der Waals surface area (Å²) in [7, 11) is 1.02. The Kier molecular flexibility index (Phi) is 8.35. The Hall–Kier alpha value is -3.67. The molecule has 0 aliphatic rings. The van der Waals surface area contributed by atoms with Crippen molar-refractivity contribution < 1.29 is 32.3 Å². The first-order valence-electron chi connectivity index (χ1n) is 10.2. The lowest BCUT2D eigenvalue weighted by molar-refractivity contribution is -0.148. The minimum atomic E-state index is -4.70. The molecule has 0 radical (unpaired) electrons. The van der Waals surface area contributed by atoms with Crippen molar-refractivity contribution in [1.29, 1.82) is 5.26 Å². The van der Waals surface area contributed by atoms with Crippen LogP contribution in [0.5, 0.6) is 0 Å². The Morgan fingerprint density at radius 1 is 1.06 bits per heavy atom. The summed E-state index contributed by atoms with van der Waals surface area (Å²) in [5, 5.41) is 12.3. The van der Waals surface area contributed by atoms with E-state index in [0.717, 1.165) is 25.3 Å². The molecule has 6 nitrogen and oxygen atoms in total. The summed E-state index contributed by atoms with van der Waals surface area (Å²) in [6.45, 7) is 1.74. The van der Waals surface area contributed by atoms with Gasteiger partial charge in [0.05, 0.1) is 18.7 Å². The molecule has 2 aromatic carbocycles. The van der Waals surface area contributed by atoms with Crippen LogP contribution >= 0.6 is 0 Å². The number of amides is 2. The van der Waals surface area contributed by atoms with E-state index >= 15 is 0 Å². The van der Waals surface area contributed by atoms with Crippen molar-refractivity contribution in [2.75, 3.05) is 7.11 Å². The largest absolute Gasteiger partial charge is 0.468 e. The van der Waals surface area contributed by atoms with Crippen LogP contribution in [-0.4, -0.2) is 24.9 Å². The molecule has 174 valence electrons. The number of hydrogen-bond donors (Lipinski definition) is 1. The Bertz CT molecular complexity index is 1050. The van der Waals surface area contributed by atoms with Crippen LogP contribution in [-0.2, 0) is 25.9 Å². The van der Waals surface area contributed by atoms with Crippen molar-refractivity contribution in [1.82, 2.24) is 5.32 Å². The molecule has 1 N–H and O–H groups in total. The van der Waals surface area contributed by atoms with Gasteiger partial charge in [0.2, 0.25) is 5.91 Å². The quantitative estimate of drug-likeness (QED) is 0.589. The van der Waals surface area contributed by atoms with Gasteiger partial charge >= 0.3 is 12.1 Å². The van der Waals surface area contributed by atoms with Gasteiger partial charge < -0.3 is 4.74 Å². The molecule has 0 fully saturated rings. The van der Waals surface area contributed by atoms with Crippen LogP contribution in [0.2, 0.25) is 0 Å². The average molecular weight is 460 g/mol. The number of ether oxygens (including phenoxy) is 1. The zero-order valence-corrected chi connectivity index (χ0v) is 18.1. The lowest BCUT2D eigenvalue weighted by atomic mass is 9.67. The highest BCUT2D eigenvalue weighted by molar-refractivity contribution is 6.04. The van der Waals surface area contributed by atoms with Crippen LogP contribution in [0.1, 0.15) is 47.7 Å². The number of nitrogens with one attached hydrogen (secondary N) is 1. The summed E-state index contributed by atoms with van der Waals surface area (Å²) in [5.41, 5.74) is -3.22. The van der Waals surface area contributed by atoms with Crippen LogP contribution in [0, 0.1) is 17.2 Å². The average Bonchev–Trinajstić information content (AvgIpc) is 2.80. The molecule has 2 amide bonds. The van der Waals surface area contributed by atoms with Crippen LogP contribution in [0.25, 0.3) is 0 Å². The molecule has 0 bridgehead atoms. The molecule has 2 rings (SSSR count). The van der Waals surface area contributed by atoms with E-state index in [2.05, 4.69) is 5.32 Å². The Morgan fingerprint density at radius 3 is 2.24 bits per heavy atom. The monoisotopic (exact) mass is 460 g/mol. The van der Waals surface area contributed by atoms with Crippen molar-refractivity contribution in [3.63, 3.8) is 0 Å². The number of halogens is 3. The van der Waals surface area contributed by atoms with Gasteiger partial charge in [-0.2, -0.15) is 18.4 Å². The van der Waals surface area contributed by atoms with Crippen molar-refractivity contribution in [3.8, 4) is 6.07 Å². The minimum Gasteiger partial charge on any atom is -0.468 e. The van der Waals surface area contributed by atoms with Gasteiger partial charge in [-0.3, -0.25) is 14.9 Å². The molecule has 0 heterocycles. The SMILES string of the molecule is CCC[C@@H](CC(=O)NC(=O)c1ccccc1)[C@](C#N)(C(=O)OC)c1cccc(C(F)(F)F)c1. The van der Waals surface area contributed by atoms with Gasteiger partial charge in [0.15, 0.2) is 5.41 Å². The summed E-state index contributed by atoms with van der Waals surface area (Å²) < 4.78 is 44.7. The molecule has 9 heteroatoms. The first-order valence-corrected chi connectivity index (χ1v) is 10.2. The fraction of sp³-hybridized carbons (Fsp3) is 0.333. The Labute approximate surface area is 189 Å². The highest BCUT2D eigenvalue weighted by atomic mass is 19.4. The summed E-state index contributed by atoms with van der Waals surface area (Å²) >= 11 is 0. The number of benzene rings is 2. The number of hydrogen-bond acceptors (Lipinski definition) is 5. The van der Waals surface area contributed by atoms with Gasteiger partial charge in [0, 0.05) is 17.9 Å². The first-order chi connectivity index (χ1) is 15.6. The van der Waals surface area contributed by atoms with Gasteiger partial charge in [0.25, 0.3) is 5.91 Å². The highest BCUT2D eigenvalue weighted by Crippen LogP contribution is 2.40. The summed E-state index contributed by atoms with van der Waals surface area (Å²) in [5.74, 6) is -3.56. The van der Waals surface area contributed by atoms with E-state index in [-0.39, 0.29) is 17.5 Å². The third kappa shape index (κ3) is 5.77. The molecule has 2 aromatic rings. The number of alkyl halides is 3. The predicted octanol–water partition coefficient (Wildman–Crippen LogP) is 4.40. The first kappa shape index (κ1) is 25.6. The second-order valence-corrected chi connectivity index (χ2v) is 7.42. The molecule has 0 spiro atoms. The number of nitrogens with zero attached hydrogens (tertiary/aromatic N) is 1. The van der Waals surface area contributed by atoms with Gasteiger partial charge in [-0.25, -0.2) is 4.79 Å². The van der Waals surface area contributed by atoms with Crippen LogP contribution in [0.3, 0.4) is 0 Å². The third-order valence-electron chi connectivity index (χ3n) is 5.30. The molecule has 0 aliphatic carbocycles. The van der Waals surface area contributed by atoms with Crippen molar-refractivity contribution in [2.45, 2.75) is 37.8 Å². The molecule has 2 atom stereocenters. The Morgan fingerprint density at radius 2 is 1.70 bits per heavy atom. The van der Waals surface area contributed by atoms with E-state index in [1.165, 1.54) is 18.2 Å². The molecule has 0 saturated carbocycles. The molecular weight excluding hydrogens is 437 g/mol. The topological polar surface area (TPSA) is 96.3 Å². The lowest BCUT2D eigenvalue weighted by Gasteiger charge is -2.33. The molecule has 33 heavy (non-hydrogen) atoms. The zero-order chi connectivity index (χ0) is 24.6. The normalized spacial score (nSPS) is 13.8. The number of rotatable bonds is 8. The fourth-order valence-electron chi connectivity index (χ4n) is 3.71. The predicted molar refractivity (Wildman–Crippen MR) is 113 cm³/mol. The molecule has 0 aromatic heterocycles. The zero-order valence-electron chi connectivity index (χ0n) is 18.1. The van der Waals surface area contributed by atoms with Gasteiger partial charge in [-0.1, -0.05) is 43.7 Å². The highest BCUT2D eigenvalue weighted by Gasteiger charge is 2.50. The van der Waals surface area contributed by atoms with E-state index < -0.39 is 47.3 Å². The number of nitriles is 1. The molecule has 0 saturated heterocycles. The summed E-state index contributed by atoms with van der Waals surface area (Å²) in [6, 6.07) is 13.6. The van der Waals surface area contributed by atoms with Crippen molar-refractivity contribution in [3.05, 3.63) is 71.3 Å². The fourth-order valence-corrected chi connectivity index (χ4v) is 3.71. The number of imide groups is 1. The maximum Gasteiger partial charge on any atom is 0.416 e. The Balaban J connectivity index is 2.46. The van der Waals surface area contributed by atoms with E-state index in [9.17, 15) is 32.8 Å². The van der Waals surface area contributed by atoms with Crippen LogP contribution < -0.4 is 5.32 Å². The summed E-state index contributed by atoms with van der Waals surface area (Å²) in [4.78, 5) is 37.8. The summed E-state index contributed by atoms with van der Waals surface area (Å²) in [6.07, 6.45) is -4.59. The molecule has 0 unspecified atom stereocenters. The standard InChI is InChI=1S/C24H23F3N2O4/c1-3-8-17(14-20(30)29-21(31)16-9-5-4-6-10-16)23(15-28,22(32)33-2)18-11-7-12-19(13-18)24(25,26)27/h4-7,9-13,17H,3,8,14H2,1-2H3,(H,29,30,31)/t17-,23-/m0/s1. The van der Waals surface area contributed by atoms with Crippen molar-refractivity contribution in [2.24, 2.45) is 5.92 Å². The molecule has 0 aliphatic heterocycles. The minimum absolute atomic E-state index is 0.145. The van der Waals surface area contributed by atoms with Crippen molar-refractivity contribution >= 4 is 17.8 Å². The van der Waals surface area contributed by atoms with E-state index in [0.29, 0.717) is 6.42 Å². The second kappa shape index (κ2) is 10.8. The smallest absolute Gasteiger partial charge is 0.416 e. The van der Waals surface area contributed by atoms with Gasteiger partial charge in [-0.05, 0) is 36.2 Å².